The molecule has 6 heteroatoms. The molecular weight excluding hydrogens is 386 g/mol. The average Bonchev–Trinajstić information content (AvgIpc) is 2.79. The Balaban J connectivity index is 2.13. The van der Waals surface area contributed by atoms with Crippen molar-refractivity contribution < 1.29 is 18.3 Å². The van der Waals surface area contributed by atoms with Crippen LogP contribution in [-0.2, 0) is 12.8 Å². The SMILES string of the molecule is [C-]#[N+]c1c(F)c(Oc2ccc(CC)cc2)c(Oc2ccc(CC)cc2)c(F)c1[N+]#[C-]. The highest BCUT2D eigenvalue weighted by molar-refractivity contribution is 5.78. The van der Waals surface area contributed by atoms with Crippen LogP contribution in [-0.4, -0.2) is 0 Å². The second-order valence-electron chi connectivity index (χ2n) is 6.41. The maximum absolute atomic E-state index is 15.1. The van der Waals surface area contributed by atoms with Crippen molar-refractivity contribution in [3.8, 4) is 23.0 Å². The van der Waals surface area contributed by atoms with Gasteiger partial charge in [-0.25, -0.2) is 18.5 Å². The van der Waals surface area contributed by atoms with Gasteiger partial charge in [0.2, 0.25) is 11.4 Å². The zero-order chi connectivity index (χ0) is 21.7. The predicted molar refractivity (Wildman–Crippen MR) is 111 cm³/mol. The summed E-state index contributed by atoms with van der Waals surface area (Å²) in [4.78, 5) is 5.98. The fraction of sp³-hybridized carbons (Fsp3) is 0.167. The standard InChI is InChI=1S/C24H18F2N2O2/c1-5-15-7-11-17(12-8-15)29-23-19(25)21(27-3)22(28-4)20(26)24(23)30-18-13-9-16(6-2)10-14-18/h7-14H,5-6H2,1-2H3. The molecule has 0 radical (unpaired) electrons. The van der Waals surface area contributed by atoms with Crippen LogP contribution in [0.1, 0.15) is 25.0 Å². The minimum absolute atomic E-state index is 0.253. The maximum atomic E-state index is 15.1. The molecule has 0 amide bonds. The molecule has 0 fully saturated rings. The van der Waals surface area contributed by atoms with Crippen molar-refractivity contribution in [3.63, 3.8) is 0 Å². The molecule has 0 aliphatic carbocycles. The van der Waals surface area contributed by atoms with Crippen LogP contribution in [0.2, 0.25) is 0 Å². The summed E-state index contributed by atoms with van der Waals surface area (Å²) in [6, 6.07) is 13.7. The molecular formula is C24H18F2N2O2. The Morgan fingerprint density at radius 2 is 1.00 bits per heavy atom. The summed E-state index contributed by atoms with van der Waals surface area (Å²) in [5.41, 5.74) is 0.617. The van der Waals surface area contributed by atoms with Crippen molar-refractivity contribution in [3.05, 3.63) is 94.1 Å². The summed E-state index contributed by atoms with van der Waals surface area (Å²) < 4.78 is 41.4. The van der Waals surface area contributed by atoms with Crippen molar-refractivity contribution >= 4 is 11.4 Å². The molecule has 0 unspecified atom stereocenters. The van der Waals surface area contributed by atoms with Gasteiger partial charge >= 0.3 is 0 Å². The summed E-state index contributed by atoms with van der Waals surface area (Å²) >= 11 is 0. The van der Waals surface area contributed by atoms with Gasteiger partial charge in [-0.05, 0) is 48.2 Å². The smallest absolute Gasteiger partial charge is 0.236 e. The normalized spacial score (nSPS) is 10.2. The molecule has 0 spiro atoms. The number of hydrogen-bond donors (Lipinski definition) is 0. The maximum Gasteiger partial charge on any atom is 0.236 e. The fourth-order valence-electron chi connectivity index (χ4n) is 2.83. The highest BCUT2D eigenvalue weighted by atomic mass is 19.1. The van der Waals surface area contributed by atoms with E-state index in [1.807, 2.05) is 13.8 Å². The van der Waals surface area contributed by atoms with E-state index in [1.54, 1.807) is 48.5 Å². The van der Waals surface area contributed by atoms with E-state index in [0.717, 1.165) is 24.0 Å². The topological polar surface area (TPSA) is 27.2 Å². The highest BCUT2D eigenvalue weighted by Crippen LogP contribution is 2.49. The Kier molecular flexibility index (Phi) is 6.29. The lowest BCUT2D eigenvalue weighted by molar-refractivity contribution is 0.377. The van der Waals surface area contributed by atoms with Crippen molar-refractivity contribution in [2.24, 2.45) is 0 Å². The molecule has 3 rings (SSSR count). The van der Waals surface area contributed by atoms with E-state index in [-0.39, 0.29) is 11.5 Å². The molecule has 0 aromatic heterocycles. The van der Waals surface area contributed by atoms with Gasteiger partial charge in [0.05, 0.1) is 13.1 Å². The monoisotopic (exact) mass is 404 g/mol. The minimum Gasteiger partial charge on any atom is -0.452 e. The number of hydrogen-bond acceptors (Lipinski definition) is 2. The summed E-state index contributed by atoms with van der Waals surface area (Å²) in [7, 11) is 0. The van der Waals surface area contributed by atoms with Gasteiger partial charge in [-0.1, -0.05) is 38.1 Å². The van der Waals surface area contributed by atoms with Crippen molar-refractivity contribution in [1.29, 1.82) is 0 Å². The molecule has 0 heterocycles. The van der Waals surface area contributed by atoms with E-state index in [2.05, 4.69) is 9.69 Å². The van der Waals surface area contributed by atoms with Crippen LogP contribution in [0.25, 0.3) is 9.69 Å². The van der Waals surface area contributed by atoms with E-state index < -0.39 is 34.5 Å². The Bertz CT molecular complexity index is 1050. The fourth-order valence-corrected chi connectivity index (χ4v) is 2.83. The molecule has 0 saturated heterocycles. The number of aryl methyl sites for hydroxylation is 2. The minimum atomic E-state index is -1.14. The van der Waals surface area contributed by atoms with Gasteiger partial charge in [-0.2, -0.15) is 0 Å². The van der Waals surface area contributed by atoms with E-state index in [9.17, 15) is 0 Å². The van der Waals surface area contributed by atoms with Crippen LogP contribution >= 0.6 is 0 Å². The number of rotatable bonds is 6. The summed E-state index contributed by atoms with van der Waals surface area (Å²) in [5.74, 6) is -2.93. The molecule has 0 bridgehead atoms. The molecule has 0 atom stereocenters. The van der Waals surface area contributed by atoms with Gasteiger partial charge in [0.1, 0.15) is 11.5 Å². The first-order chi connectivity index (χ1) is 14.5. The third-order valence-electron chi connectivity index (χ3n) is 4.57. The van der Waals surface area contributed by atoms with E-state index in [4.69, 9.17) is 22.6 Å². The second kappa shape index (κ2) is 9.07. The predicted octanol–water partition coefficient (Wildman–Crippen LogP) is 7.78. The zero-order valence-corrected chi connectivity index (χ0v) is 16.5. The van der Waals surface area contributed by atoms with Gasteiger partial charge < -0.3 is 9.47 Å². The first-order valence-corrected chi connectivity index (χ1v) is 9.35. The number of ether oxygens (including phenoxy) is 2. The van der Waals surface area contributed by atoms with E-state index in [1.165, 1.54) is 0 Å². The third-order valence-corrected chi connectivity index (χ3v) is 4.57. The third kappa shape index (κ3) is 4.09. The molecule has 30 heavy (non-hydrogen) atoms. The summed E-state index contributed by atoms with van der Waals surface area (Å²) in [6.45, 7) is 18.3. The molecule has 0 aliphatic heterocycles. The Morgan fingerprint density at radius 1 is 0.667 bits per heavy atom. The highest BCUT2D eigenvalue weighted by Gasteiger charge is 2.28. The molecule has 0 N–H and O–H groups in total. The van der Waals surface area contributed by atoms with Crippen LogP contribution in [0.4, 0.5) is 20.2 Å². The van der Waals surface area contributed by atoms with Gasteiger partial charge in [0.15, 0.2) is 23.1 Å². The van der Waals surface area contributed by atoms with Crippen LogP contribution < -0.4 is 9.47 Å². The molecule has 0 saturated carbocycles. The first kappa shape index (κ1) is 20.8. The van der Waals surface area contributed by atoms with Crippen LogP contribution in [0, 0.1) is 24.8 Å². The lowest BCUT2D eigenvalue weighted by atomic mass is 10.1. The number of benzene rings is 3. The van der Waals surface area contributed by atoms with Gasteiger partial charge in [0.25, 0.3) is 0 Å². The quantitative estimate of drug-likeness (QED) is 0.392. The lowest BCUT2D eigenvalue weighted by Gasteiger charge is -2.16. The van der Waals surface area contributed by atoms with Crippen molar-refractivity contribution in [2.45, 2.75) is 26.7 Å². The van der Waals surface area contributed by atoms with Crippen LogP contribution in [0.15, 0.2) is 48.5 Å². The Hall–Kier alpha value is -3.90. The lowest BCUT2D eigenvalue weighted by Crippen LogP contribution is -1.98. The van der Waals surface area contributed by atoms with Crippen molar-refractivity contribution in [2.75, 3.05) is 0 Å². The summed E-state index contributed by atoms with van der Waals surface area (Å²) in [6.07, 6.45) is 1.62. The molecule has 0 aliphatic rings. The first-order valence-electron chi connectivity index (χ1n) is 9.35. The Morgan fingerprint density at radius 3 is 1.27 bits per heavy atom. The number of nitrogens with zero attached hydrogens (tertiary/aromatic N) is 2. The van der Waals surface area contributed by atoms with Crippen molar-refractivity contribution in [1.82, 2.24) is 0 Å². The Labute approximate surface area is 173 Å². The number of halogens is 2. The van der Waals surface area contributed by atoms with E-state index in [0.29, 0.717) is 0 Å². The molecule has 3 aromatic carbocycles. The van der Waals surface area contributed by atoms with Crippen LogP contribution in [0.5, 0.6) is 23.0 Å². The molecule has 3 aromatic rings. The molecule has 4 nitrogen and oxygen atoms in total. The second-order valence-corrected chi connectivity index (χ2v) is 6.41. The zero-order valence-electron chi connectivity index (χ0n) is 16.5. The van der Waals surface area contributed by atoms with Crippen LogP contribution in [0.3, 0.4) is 0 Å². The van der Waals surface area contributed by atoms with Gasteiger partial charge in [0, 0.05) is 0 Å². The van der Waals surface area contributed by atoms with Gasteiger partial charge in [-0.15, -0.1) is 0 Å². The van der Waals surface area contributed by atoms with E-state index >= 15 is 8.78 Å². The van der Waals surface area contributed by atoms with Gasteiger partial charge in [-0.3, -0.25) is 0 Å². The largest absolute Gasteiger partial charge is 0.452 e. The summed E-state index contributed by atoms with van der Waals surface area (Å²) in [5, 5.41) is 0. The molecule has 150 valence electrons. The average molecular weight is 404 g/mol.